The van der Waals surface area contributed by atoms with Crippen LogP contribution in [0.2, 0.25) is 0 Å². The van der Waals surface area contributed by atoms with Gasteiger partial charge in [-0.2, -0.15) is 0 Å². The fourth-order valence-electron chi connectivity index (χ4n) is 5.36. The van der Waals surface area contributed by atoms with Gasteiger partial charge >= 0.3 is 6.03 Å². The molecule has 186 valence electrons. The number of carbonyl (C=O) groups is 3. The molecule has 1 spiro atoms. The Morgan fingerprint density at radius 1 is 0.917 bits per heavy atom. The summed E-state index contributed by atoms with van der Waals surface area (Å²) >= 11 is 0. The number of carbonyl (C=O) groups excluding carboxylic acids is 3. The van der Waals surface area contributed by atoms with E-state index in [1.54, 1.807) is 9.80 Å². The zero-order valence-electron chi connectivity index (χ0n) is 20.4. The maximum Gasteiger partial charge on any atom is 0.321 e. The summed E-state index contributed by atoms with van der Waals surface area (Å²) in [6, 6.07) is 23.5. The summed E-state index contributed by atoms with van der Waals surface area (Å²) in [5.41, 5.74) is 0.941. The van der Waals surface area contributed by atoms with Crippen LogP contribution in [-0.4, -0.2) is 66.0 Å². The number of piperidine rings is 1. The molecule has 36 heavy (non-hydrogen) atoms. The normalized spacial score (nSPS) is 17.0. The summed E-state index contributed by atoms with van der Waals surface area (Å²) in [4.78, 5) is 44.7. The maximum absolute atomic E-state index is 13.7. The number of benzene rings is 3. The first-order valence-corrected chi connectivity index (χ1v) is 12.4. The molecule has 5 rings (SSSR count). The van der Waals surface area contributed by atoms with Crippen LogP contribution in [0.15, 0.2) is 72.8 Å². The van der Waals surface area contributed by atoms with Gasteiger partial charge in [-0.05, 0) is 43.4 Å². The highest BCUT2D eigenvalue weighted by Gasteiger charge is 2.54. The molecule has 0 radical (unpaired) electrons. The van der Waals surface area contributed by atoms with E-state index in [4.69, 9.17) is 0 Å². The highest BCUT2D eigenvalue weighted by atomic mass is 16.2. The Morgan fingerprint density at radius 2 is 1.61 bits per heavy atom. The first kappa shape index (κ1) is 23.7. The third-order valence-electron chi connectivity index (χ3n) is 7.20. The molecule has 8 heteroatoms. The first-order chi connectivity index (χ1) is 17.5. The van der Waals surface area contributed by atoms with Crippen LogP contribution in [0.25, 0.3) is 10.8 Å². The Hall–Kier alpha value is -4.07. The van der Waals surface area contributed by atoms with Crippen molar-refractivity contribution < 1.29 is 14.4 Å². The molecule has 2 fully saturated rings. The second-order valence-corrected chi connectivity index (χ2v) is 9.34. The van der Waals surface area contributed by atoms with Crippen molar-refractivity contribution in [2.24, 2.45) is 0 Å². The predicted molar refractivity (Wildman–Crippen MR) is 141 cm³/mol. The average Bonchev–Trinajstić information content (AvgIpc) is 3.16. The average molecular weight is 486 g/mol. The van der Waals surface area contributed by atoms with Crippen LogP contribution in [0, 0.1) is 0 Å². The summed E-state index contributed by atoms with van der Waals surface area (Å²) in [6.45, 7) is 3.65. The van der Waals surface area contributed by atoms with Gasteiger partial charge in [-0.3, -0.25) is 9.59 Å². The number of nitrogens with zero attached hydrogens (tertiary/aromatic N) is 3. The van der Waals surface area contributed by atoms with E-state index < -0.39 is 5.54 Å². The topological polar surface area (TPSA) is 85.0 Å². The van der Waals surface area contributed by atoms with Crippen LogP contribution < -0.4 is 15.5 Å². The largest absolute Gasteiger partial charge is 0.355 e. The molecule has 0 bridgehead atoms. The van der Waals surface area contributed by atoms with Crippen LogP contribution >= 0.6 is 0 Å². The van der Waals surface area contributed by atoms with Crippen molar-refractivity contribution in [3.05, 3.63) is 72.8 Å². The molecule has 0 atom stereocenters. The van der Waals surface area contributed by atoms with Crippen LogP contribution in [0.5, 0.6) is 0 Å². The molecule has 4 amide bonds. The van der Waals surface area contributed by atoms with E-state index in [1.165, 1.54) is 0 Å². The molecule has 3 aromatic carbocycles. The van der Waals surface area contributed by atoms with E-state index in [-0.39, 0.29) is 24.4 Å². The van der Waals surface area contributed by atoms with Gasteiger partial charge in [-0.1, -0.05) is 54.6 Å². The van der Waals surface area contributed by atoms with Crippen LogP contribution in [0.1, 0.15) is 19.8 Å². The maximum atomic E-state index is 13.7. The van der Waals surface area contributed by atoms with Crippen molar-refractivity contribution in [2.75, 3.05) is 43.1 Å². The number of rotatable bonds is 5. The van der Waals surface area contributed by atoms with Gasteiger partial charge in [0.15, 0.2) is 0 Å². The van der Waals surface area contributed by atoms with Crippen molar-refractivity contribution in [3.63, 3.8) is 0 Å². The first-order valence-electron chi connectivity index (χ1n) is 12.4. The lowest BCUT2D eigenvalue weighted by Crippen LogP contribution is -2.58. The van der Waals surface area contributed by atoms with E-state index in [0.717, 1.165) is 22.1 Å². The molecule has 2 aliphatic heterocycles. The SMILES string of the molecule is CCNC(=O)CN1CN(c2ccccc2)C2(CCN(C(=O)Nc3cccc4ccccc34)CC2)C1=O. The third kappa shape index (κ3) is 4.34. The molecule has 2 saturated heterocycles. The van der Waals surface area contributed by atoms with Crippen molar-refractivity contribution >= 4 is 40.0 Å². The quantitative estimate of drug-likeness (QED) is 0.578. The predicted octanol–water partition coefficient (Wildman–Crippen LogP) is 3.65. The number of para-hydroxylation sites is 1. The molecule has 0 aromatic heterocycles. The zero-order chi connectivity index (χ0) is 25.1. The van der Waals surface area contributed by atoms with E-state index in [2.05, 4.69) is 15.5 Å². The minimum Gasteiger partial charge on any atom is -0.355 e. The van der Waals surface area contributed by atoms with Crippen molar-refractivity contribution in [3.8, 4) is 0 Å². The van der Waals surface area contributed by atoms with E-state index in [9.17, 15) is 14.4 Å². The molecule has 2 heterocycles. The summed E-state index contributed by atoms with van der Waals surface area (Å²) in [5.74, 6) is -0.213. The fraction of sp³-hybridized carbons (Fsp3) is 0.321. The third-order valence-corrected chi connectivity index (χ3v) is 7.20. The molecular weight excluding hydrogens is 454 g/mol. The molecule has 2 N–H and O–H groups in total. The number of hydrogen-bond acceptors (Lipinski definition) is 4. The molecule has 0 unspecified atom stereocenters. The number of likely N-dealkylation sites (N-methyl/N-ethyl adjacent to an activating group) is 1. The van der Waals surface area contributed by atoms with Gasteiger partial charge < -0.3 is 25.3 Å². The highest BCUT2D eigenvalue weighted by molar-refractivity contribution is 6.02. The fourth-order valence-corrected chi connectivity index (χ4v) is 5.36. The summed E-state index contributed by atoms with van der Waals surface area (Å²) in [7, 11) is 0. The highest BCUT2D eigenvalue weighted by Crippen LogP contribution is 2.39. The van der Waals surface area contributed by atoms with Gasteiger partial charge in [0, 0.05) is 30.7 Å². The number of nitrogens with one attached hydrogen (secondary N) is 2. The minimum absolute atomic E-state index is 0.0308. The Bertz CT molecular complexity index is 1270. The summed E-state index contributed by atoms with van der Waals surface area (Å²) < 4.78 is 0. The van der Waals surface area contributed by atoms with Crippen molar-refractivity contribution in [1.82, 2.24) is 15.1 Å². The van der Waals surface area contributed by atoms with Crippen LogP contribution in [0.3, 0.4) is 0 Å². The van der Waals surface area contributed by atoms with Crippen LogP contribution in [-0.2, 0) is 9.59 Å². The molecule has 2 aliphatic rings. The van der Waals surface area contributed by atoms with E-state index in [0.29, 0.717) is 39.1 Å². The zero-order valence-corrected chi connectivity index (χ0v) is 20.4. The summed E-state index contributed by atoms with van der Waals surface area (Å²) in [5, 5.41) is 7.90. The Kier molecular flexibility index (Phi) is 6.50. The van der Waals surface area contributed by atoms with Gasteiger partial charge in [0.2, 0.25) is 5.91 Å². The number of likely N-dealkylation sites (tertiary alicyclic amines) is 1. The van der Waals surface area contributed by atoms with Crippen LogP contribution in [0.4, 0.5) is 16.2 Å². The van der Waals surface area contributed by atoms with Crippen molar-refractivity contribution in [2.45, 2.75) is 25.3 Å². The number of hydrogen-bond donors (Lipinski definition) is 2. The lowest BCUT2D eigenvalue weighted by Gasteiger charge is -2.43. The monoisotopic (exact) mass is 485 g/mol. The lowest BCUT2D eigenvalue weighted by molar-refractivity contribution is -0.137. The number of fused-ring (bicyclic) bond motifs is 1. The minimum atomic E-state index is -0.774. The summed E-state index contributed by atoms with van der Waals surface area (Å²) in [6.07, 6.45) is 0.991. The van der Waals surface area contributed by atoms with Gasteiger partial charge in [-0.25, -0.2) is 4.79 Å². The van der Waals surface area contributed by atoms with Gasteiger partial charge in [-0.15, -0.1) is 0 Å². The second kappa shape index (κ2) is 9.89. The van der Waals surface area contributed by atoms with Gasteiger partial charge in [0.25, 0.3) is 5.91 Å². The molecular formula is C28H31N5O3. The van der Waals surface area contributed by atoms with Crippen molar-refractivity contribution in [1.29, 1.82) is 0 Å². The van der Waals surface area contributed by atoms with Gasteiger partial charge in [0.1, 0.15) is 12.1 Å². The molecule has 0 aliphatic carbocycles. The second-order valence-electron chi connectivity index (χ2n) is 9.34. The smallest absolute Gasteiger partial charge is 0.321 e. The van der Waals surface area contributed by atoms with E-state index >= 15 is 0 Å². The molecule has 8 nitrogen and oxygen atoms in total. The standard InChI is InChI=1S/C28H31N5O3/c1-2-29-25(34)19-32-20-33(22-11-4-3-5-12-22)28(26(32)35)15-17-31(18-16-28)27(36)30-24-14-8-10-21-9-6-7-13-23(21)24/h3-14H,2,15-20H2,1H3,(H,29,34)(H,30,36). The Labute approximate surface area is 210 Å². The number of urea groups is 1. The van der Waals surface area contributed by atoms with E-state index in [1.807, 2.05) is 79.7 Å². The molecule has 0 saturated carbocycles. The Morgan fingerprint density at radius 3 is 2.36 bits per heavy atom. The number of amides is 4. The number of anilines is 2. The molecule has 3 aromatic rings. The van der Waals surface area contributed by atoms with Gasteiger partial charge in [0.05, 0.1) is 12.4 Å². The Balaban J connectivity index is 1.33. The lowest BCUT2D eigenvalue weighted by atomic mass is 9.85.